The van der Waals surface area contributed by atoms with E-state index in [1.54, 1.807) is 24.3 Å². The van der Waals surface area contributed by atoms with Crippen molar-refractivity contribution >= 4 is 34.2 Å². The van der Waals surface area contributed by atoms with Gasteiger partial charge < -0.3 is 15.1 Å². The molecule has 0 aliphatic carbocycles. The summed E-state index contributed by atoms with van der Waals surface area (Å²) in [6, 6.07) is 10.9. The van der Waals surface area contributed by atoms with Crippen molar-refractivity contribution in [2.24, 2.45) is 0 Å². The normalized spacial score (nSPS) is 15.2. The monoisotopic (exact) mass is 328 g/mol. The van der Waals surface area contributed by atoms with Crippen LogP contribution in [0.15, 0.2) is 53.1 Å². The van der Waals surface area contributed by atoms with E-state index in [2.05, 4.69) is 10.6 Å². The number of hydrogen-bond acceptors (Lipinski definition) is 3. The van der Waals surface area contributed by atoms with Gasteiger partial charge in [-0.2, -0.15) is 8.78 Å². The van der Waals surface area contributed by atoms with Crippen LogP contribution >= 0.6 is 0 Å². The molecular formula is C17H10F2N2O3. The third-order valence-corrected chi connectivity index (χ3v) is 3.87. The highest BCUT2D eigenvalue weighted by Gasteiger charge is 2.48. The van der Waals surface area contributed by atoms with Crippen molar-refractivity contribution in [1.82, 2.24) is 0 Å². The molecule has 120 valence electrons. The van der Waals surface area contributed by atoms with Crippen LogP contribution in [0.1, 0.15) is 15.9 Å². The van der Waals surface area contributed by atoms with E-state index in [1.165, 1.54) is 18.4 Å². The Bertz CT molecular complexity index is 994. The fourth-order valence-electron chi connectivity index (χ4n) is 2.67. The van der Waals surface area contributed by atoms with E-state index < -0.39 is 23.3 Å². The summed E-state index contributed by atoms with van der Waals surface area (Å²) < 4.78 is 32.9. The highest BCUT2D eigenvalue weighted by molar-refractivity contribution is 6.12. The van der Waals surface area contributed by atoms with Crippen molar-refractivity contribution in [1.29, 1.82) is 0 Å². The first-order valence-electron chi connectivity index (χ1n) is 7.08. The largest absolute Gasteiger partial charge is 0.463 e. The molecule has 3 aromatic rings. The summed E-state index contributed by atoms with van der Waals surface area (Å²) in [4.78, 5) is 23.6. The zero-order chi connectivity index (χ0) is 16.9. The van der Waals surface area contributed by atoms with Crippen LogP contribution in [0.3, 0.4) is 0 Å². The van der Waals surface area contributed by atoms with E-state index >= 15 is 0 Å². The summed E-state index contributed by atoms with van der Waals surface area (Å²) >= 11 is 0. The summed E-state index contributed by atoms with van der Waals surface area (Å²) in [6.45, 7) is 0. The van der Waals surface area contributed by atoms with Crippen molar-refractivity contribution in [2.75, 3.05) is 10.6 Å². The van der Waals surface area contributed by atoms with Gasteiger partial charge in [-0.3, -0.25) is 9.59 Å². The van der Waals surface area contributed by atoms with E-state index in [0.29, 0.717) is 16.5 Å². The van der Waals surface area contributed by atoms with Gasteiger partial charge in [0.2, 0.25) is 0 Å². The lowest BCUT2D eigenvalue weighted by molar-refractivity contribution is -0.139. The summed E-state index contributed by atoms with van der Waals surface area (Å²) in [6.07, 6.45) is 1.31. The first-order valence-corrected chi connectivity index (χ1v) is 7.08. The third-order valence-electron chi connectivity index (χ3n) is 3.87. The van der Waals surface area contributed by atoms with Gasteiger partial charge in [-0.05, 0) is 24.3 Å². The van der Waals surface area contributed by atoms with Crippen molar-refractivity contribution < 1.29 is 22.8 Å². The Morgan fingerprint density at radius 3 is 2.79 bits per heavy atom. The fourth-order valence-corrected chi connectivity index (χ4v) is 2.67. The minimum atomic E-state index is -3.61. The number of halogens is 2. The molecule has 7 heteroatoms. The number of alkyl halides is 2. The second-order valence-corrected chi connectivity index (χ2v) is 5.39. The fraction of sp³-hybridized carbons (Fsp3) is 0.0588. The van der Waals surface area contributed by atoms with Gasteiger partial charge in [0.05, 0.1) is 16.8 Å². The van der Waals surface area contributed by atoms with Crippen LogP contribution in [0.25, 0.3) is 11.0 Å². The minimum absolute atomic E-state index is 0.0387. The standard InChI is InChI=1S/C17H10F2N2O3/c18-17(19)12-7-9(5-6-13(12)21-16(17)23)20-15(22)11-8-24-14-4-2-1-3-10(11)14/h1-8H,(H,20,22)(H,21,23). The van der Waals surface area contributed by atoms with Crippen LogP contribution in [-0.2, 0) is 10.7 Å². The quantitative estimate of drug-likeness (QED) is 0.753. The Kier molecular flexibility index (Phi) is 2.93. The number of para-hydroxylation sites is 1. The Morgan fingerprint density at radius 1 is 1.17 bits per heavy atom. The molecule has 0 fully saturated rings. The highest BCUT2D eigenvalue weighted by Crippen LogP contribution is 2.41. The average molecular weight is 328 g/mol. The lowest BCUT2D eigenvalue weighted by atomic mass is 10.1. The number of carbonyl (C=O) groups excluding carboxylic acids is 2. The minimum Gasteiger partial charge on any atom is -0.463 e. The van der Waals surface area contributed by atoms with E-state index in [9.17, 15) is 18.4 Å². The first-order chi connectivity index (χ1) is 11.5. The van der Waals surface area contributed by atoms with Crippen LogP contribution < -0.4 is 10.6 Å². The summed E-state index contributed by atoms with van der Waals surface area (Å²) in [7, 11) is 0. The summed E-state index contributed by atoms with van der Waals surface area (Å²) in [5.41, 5.74) is 0.601. The average Bonchev–Trinajstić information content (AvgIpc) is 3.08. The number of nitrogens with one attached hydrogen (secondary N) is 2. The molecule has 0 saturated carbocycles. The number of carbonyl (C=O) groups is 2. The molecule has 2 N–H and O–H groups in total. The van der Waals surface area contributed by atoms with Crippen LogP contribution in [0.5, 0.6) is 0 Å². The smallest absolute Gasteiger partial charge is 0.352 e. The SMILES string of the molecule is O=C(Nc1ccc2c(c1)C(F)(F)C(=O)N2)c1coc2ccccc12. The molecule has 1 aliphatic rings. The van der Waals surface area contributed by atoms with Gasteiger partial charge in [-0.25, -0.2) is 0 Å². The number of hydrogen-bond donors (Lipinski definition) is 2. The van der Waals surface area contributed by atoms with E-state index in [1.807, 2.05) is 0 Å². The highest BCUT2D eigenvalue weighted by atomic mass is 19.3. The lowest BCUT2D eigenvalue weighted by Crippen LogP contribution is -2.23. The van der Waals surface area contributed by atoms with Gasteiger partial charge in [0.15, 0.2) is 0 Å². The molecule has 0 unspecified atom stereocenters. The lowest BCUT2D eigenvalue weighted by Gasteiger charge is -2.09. The van der Waals surface area contributed by atoms with Crippen molar-refractivity contribution in [3.05, 3.63) is 59.9 Å². The molecule has 1 aliphatic heterocycles. The zero-order valence-electron chi connectivity index (χ0n) is 12.1. The molecule has 5 nitrogen and oxygen atoms in total. The summed E-state index contributed by atoms with van der Waals surface area (Å²) in [5, 5.41) is 5.27. The van der Waals surface area contributed by atoms with E-state index in [-0.39, 0.29) is 11.4 Å². The molecule has 0 bridgehead atoms. The van der Waals surface area contributed by atoms with Crippen LogP contribution in [0.4, 0.5) is 20.2 Å². The molecular weight excluding hydrogens is 318 g/mol. The topological polar surface area (TPSA) is 71.3 Å². The Morgan fingerprint density at radius 2 is 1.96 bits per heavy atom. The maximum absolute atomic E-state index is 13.8. The number of fused-ring (bicyclic) bond motifs is 2. The number of amides is 2. The number of furan rings is 1. The Hall–Kier alpha value is -3.22. The van der Waals surface area contributed by atoms with E-state index in [0.717, 1.165) is 6.07 Å². The predicted octanol–water partition coefficient (Wildman–Crippen LogP) is 3.73. The Balaban J connectivity index is 1.66. The Labute approximate surface area is 134 Å². The number of benzene rings is 2. The molecule has 2 heterocycles. The summed E-state index contributed by atoms with van der Waals surface area (Å²) in [5.74, 6) is -5.47. The van der Waals surface area contributed by atoms with Gasteiger partial charge in [-0.1, -0.05) is 18.2 Å². The van der Waals surface area contributed by atoms with Crippen molar-refractivity contribution in [3.8, 4) is 0 Å². The maximum Gasteiger partial charge on any atom is 0.352 e. The molecule has 0 spiro atoms. The molecule has 1 aromatic heterocycles. The number of anilines is 2. The van der Waals surface area contributed by atoms with Gasteiger partial charge in [-0.15, -0.1) is 0 Å². The second kappa shape index (κ2) is 4.89. The van der Waals surface area contributed by atoms with Crippen molar-refractivity contribution in [3.63, 3.8) is 0 Å². The van der Waals surface area contributed by atoms with Gasteiger partial charge >= 0.3 is 5.92 Å². The van der Waals surface area contributed by atoms with Crippen LogP contribution in [-0.4, -0.2) is 11.8 Å². The first kappa shape index (κ1) is 14.4. The second-order valence-electron chi connectivity index (χ2n) is 5.39. The zero-order valence-corrected chi connectivity index (χ0v) is 12.1. The molecule has 0 atom stereocenters. The molecule has 4 rings (SSSR count). The van der Waals surface area contributed by atoms with E-state index in [4.69, 9.17) is 4.42 Å². The molecule has 0 radical (unpaired) electrons. The molecule has 0 saturated heterocycles. The third kappa shape index (κ3) is 2.05. The van der Waals surface area contributed by atoms with Gasteiger partial charge in [0.1, 0.15) is 11.8 Å². The predicted molar refractivity (Wildman–Crippen MR) is 83.1 cm³/mol. The van der Waals surface area contributed by atoms with Crippen molar-refractivity contribution in [2.45, 2.75) is 5.92 Å². The molecule has 24 heavy (non-hydrogen) atoms. The van der Waals surface area contributed by atoms with Crippen LogP contribution in [0.2, 0.25) is 0 Å². The molecule has 2 aromatic carbocycles. The number of rotatable bonds is 2. The maximum atomic E-state index is 13.8. The van der Waals surface area contributed by atoms with Crippen LogP contribution in [0, 0.1) is 0 Å². The van der Waals surface area contributed by atoms with Gasteiger partial charge in [0, 0.05) is 11.1 Å². The van der Waals surface area contributed by atoms with Gasteiger partial charge in [0.25, 0.3) is 11.8 Å². The molecule has 2 amide bonds.